The zero-order valence-corrected chi connectivity index (χ0v) is 16.6. The summed E-state index contributed by atoms with van der Waals surface area (Å²) in [6.45, 7) is 2.12. The number of halogens is 1. The second-order valence-electron chi connectivity index (χ2n) is 6.50. The quantitative estimate of drug-likeness (QED) is 0.475. The Hall–Kier alpha value is -3.19. The Bertz CT molecular complexity index is 1090. The van der Waals surface area contributed by atoms with Gasteiger partial charge in [0.05, 0.1) is 5.69 Å². The SMILES string of the molecule is Cc1cccn2c(=O)cc(COC(=O)CCCNC(=O)c3ccc(Cl)cc3)nc12. The highest BCUT2D eigenvalue weighted by molar-refractivity contribution is 6.30. The van der Waals surface area contributed by atoms with E-state index in [1.165, 1.54) is 10.5 Å². The maximum absolute atomic E-state index is 12.1. The molecule has 0 saturated carbocycles. The van der Waals surface area contributed by atoms with Crippen molar-refractivity contribution in [3.05, 3.63) is 80.9 Å². The second-order valence-corrected chi connectivity index (χ2v) is 6.93. The molecule has 1 aromatic carbocycles. The Balaban J connectivity index is 1.45. The predicted octanol–water partition coefficient (Wildman–Crippen LogP) is 2.91. The van der Waals surface area contributed by atoms with E-state index in [9.17, 15) is 14.4 Å². The lowest BCUT2D eigenvalue weighted by Gasteiger charge is -2.08. The van der Waals surface area contributed by atoms with Crippen molar-refractivity contribution in [3.63, 3.8) is 0 Å². The molecule has 2 heterocycles. The van der Waals surface area contributed by atoms with Gasteiger partial charge in [-0.1, -0.05) is 17.7 Å². The zero-order chi connectivity index (χ0) is 20.8. The molecule has 0 radical (unpaired) electrons. The van der Waals surface area contributed by atoms with Gasteiger partial charge in [-0.15, -0.1) is 0 Å². The first-order valence-corrected chi connectivity index (χ1v) is 9.49. The lowest BCUT2D eigenvalue weighted by molar-refractivity contribution is -0.145. The molecule has 0 bridgehead atoms. The van der Waals surface area contributed by atoms with Gasteiger partial charge in [0.25, 0.3) is 11.5 Å². The van der Waals surface area contributed by atoms with Crippen LogP contribution in [0.25, 0.3) is 5.65 Å². The molecule has 150 valence electrons. The third-order valence-corrected chi connectivity index (χ3v) is 4.52. The number of benzene rings is 1. The minimum Gasteiger partial charge on any atom is -0.459 e. The fourth-order valence-corrected chi connectivity index (χ4v) is 2.87. The number of hydrogen-bond acceptors (Lipinski definition) is 5. The standard InChI is InChI=1S/C21H20ClN3O4/c1-14-4-3-11-25-18(26)12-17(24-20(14)25)13-29-19(27)5-2-10-23-21(28)15-6-8-16(22)9-7-15/h3-4,6-9,11-12H,2,5,10,13H2,1H3,(H,23,28). The number of nitrogens with one attached hydrogen (secondary N) is 1. The minimum atomic E-state index is -0.419. The van der Waals surface area contributed by atoms with E-state index in [-0.39, 0.29) is 24.5 Å². The van der Waals surface area contributed by atoms with Gasteiger partial charge in [0.15, 0.2) is 0 Å². The molecule has 0 aliphatic heterocycles. The van der Waals surface area contributed by atoms with Crippen LogP contribution in [-0.4, -0.2) is 27.8 Å². The molecule has 7 nitrogen and oxygen atoms in total. The van der Waals surface area contributed by atoms with Crippen molar-refractivity contribution in [1.29, 1.82) is 0 Å². The molecule has 0 unspecified atom stereocenters. The van der Waals surface area contributed by atoms with Crippen molar-refractivity contribution in [3.8, 4) is 0 Å². The Labute approximate surface area is 172 Å². The van der Waals surface area contributed by atoms with E-state index >= 15 is 0 Å². The normalized spacial score (nSPS) is 10.7. The van der Waals surface area contributed by atoms with Gasteiger partial charge < -0.3 is 10.1 Å². The van der Waals surface area contributed by atoms with E-state index in [4.69, 9.17) is 16.3 Å². The van der Waals surface area contributed by atoms with Gasteiger partial charge in [0.1, 0.15) is 12.3 Å². The Morgan fingerprint density at radius 2 is 1.97 bits per heavy atom. The van der Waals surface area contributed by atoms with Crippen molar-refractivity contribution in [2.75, 3.05) is 6.54 Å². The largest absolute Gasteiger partial charge is 0.459 e. The Kier molecular flexibility index (Phi) is 6.61. The van der Waals surface area contributed by atoms with E-state index in [0.29, 0.717) is 34.9 Å². The van der Waals surface area contributed by atoms with Crippen molar-refractivity contribution in [1.82, 2.24) is 14.7 Å². The number of carbonyl (C=O) groups is 2. The van der Waals surface area contributed by atoms with Gasteiger partial charge in [0.2, 0.25) is 0 Å². The molecular formula is C21H20ClN3O4. The summed E-state index contributed by atoms with van der Waals surface area (Å²) in [5, 5.41) is 3.29. The lowest BCUT2D eigenvalue weighted by atomic mass is 10.2. The van der Waals surface area contributed by atoms with E-state index in [0.717, 1.165) is 5.56 Å². The molecule has 0 aliphatic rings. The smallest absolute Gasteiger partial charge is 0.306 e. The number of ether oxygens (including phenoxy) is 1. The summed E-state index contributed by atoms with van der Waals surface area (Å²) < 4.78 is 6.65. The second kappa shape index (κ2) is 9.34. The molecule has 8 heteroatoms. The number of carbonyl (C=O) groups excluding carboxylic acids is 2. The number of aryl methyl sites for hydroxylation is 1. The maximum atomic E-state index is 12.1. The Morgan fingerprint density at radius 1 is 1.21 bits per heavy atom. The number of aromatic nitrogens is 2. The van der Waals surface area contributed by atoms with E-state index in [1.807, 2.05) is 13.0 Å². The van der Waals surface area contributed by atoms with Crippen LogP contribution in [0.3, 0.4) is 0 Å². The van der Waals surface area contributed by atoms with E-state index < -0.39 is 5.97 Å². The van der Waals surface area contributed by atoms with Gasteiger partial charge in [-0.3, -0.25) is 18.8 Å². The zero-order valence-electron chi connectivity index (χ0n) is 15.9. The molecule has 1 amide bonds. The van der Waals surface area contributed by atoms with Crippen LogP contribution < -0.4 is 10.9 Å². The summed E-state index contributed by atoms with van der Waals surface area (Å²) in [7, 11) is 0. The molecule has 29 heavy (non-hydrogen) atoms. The van der Waals surface area contributed by atoms with Crippen molar-refractivity contribution in [2.45, 2.75) is 26.4 Å². The van der Waals surface area contributed by atoms with Crippen LogP contribution >= 0.6 is 11.6 Å². The fourth-order valence-electron chi connectivity index (χ4n) is 2.75. The average Bonchev–Trinajstić information content (AvgIpc) is 2.71. The molecule has 3 aromatic rings. The Morgan fingerprint density at radius 3 is 2.72 bits per heavy atom. The van der Waals surface area contributed by atoms with Gasteiger partial charge in [-0.2, -0.15) is 0 Å². The van der Waals surface area contributed by atoms with Crippen LogP contribution in [0.5, 0.6) is 0 Å². The van der Waals surface area contributed by atoms with Crippen LogP contribution in [0.2, 0.25) is 5.02 Å². The van der Waals surface area contributed by atoms with Crippen molar-refractivity contribution < 1.29 is 14.3 Å². The van der Waals surface area contributed by atoms with Crippen molar-refractivity contribution >= 4 is 29.1 Å². The van der Waals surface area contributed by atoms with Crippen LogP contribution in [0.15, 0.2) is 53.5 Å². The highest BCUT2D eigenvalue weighted by atomic mass is 35.5. The number of nitrogens with zero attached hydrogens (tertiary/aromatic N) is 2. The number of fused-ring (bicyclic) bond motifs is 1. The summed E-state index contributed by atoms with van der Waals surface area (Å²) in [5.74, 6) is -0.649. The summed E-state index contributed by atoms with van der Waals surface area (Å²) in [6, 6.07) is 11.5. The summed E-state index contributed by atoms with van der Waals surface area (Å²) in [5.41, 5.74) is 2.06. The predicted molar refractivity (Wildman–Crippen MR) is 109 cm³/mol. The van der Waals surface area contributed by atoms with Crippen LogP contribution in [0.4, 0.5) is 0 Å². The number of hydrogen-bond donors (Lipinski definition) is 1. The molecule has 3 rings (SSSR count). The molecule has 0 aliphatic carbocycles. The fraction of sp³-hybridized carbons (Fsp3) is 0.238. The first-order valence-electron chi connectivity index (χ1n) is 9.11. The van der Waals surface area contributed by atoms with Crippen LogP contribution in [0, 0.1) is 6.92 Å². The molecular weight excluding hydrogens is 394 g/mol. The van der Waals surface area contributed by atoms with E-state index in [1.54, 1.807) is 36.5 Å². The average molecular weight is 414 g/mol. The third-order valence-electron chi connectivity index (χ3n) is 4.27. The molecule has 1 N–H and O–H groups in total. The first kappa shape index (κ1) is 20.5. The number of pyridine rings is 1. The number of amides is 1. The molecule has 0 fully saturated rings. The lowest BCUT2D eigenvalue weighted by Crippen LogP contribution is -2.25. The molecule has 2 aromatic heterocycles. The van der Waals surface area contributed by atoms with Gasteiger partial charge in [-0.05, 0) is 49.2 Å². The highest BCUT2D eigenvalue weighted by Crippen LogP contribution is 2.09. The van der Waals surface area contributed by atoms with Crippen LogP contribution in [0.1, 0.15) is 34.5 Å². The van der Waals surface area contributed by atoms with Crippen molar-refractivity contribution in [2.24, 2.45) is 0 Å². The molecule has 0 atom stereocenters. The van der Waals surface area contributed by atoms with E-state index in [2.05, 4.69) is 10.3 Å². The number of esters is 1. The van der Waals surface area contributed by atoms with Gasteiger partial charge in [-0.25, -0.2) is 4.98 Å². The topological polar surface area (TPSA) is 89.8 Å². The number of rotatable bonds is 7. The monoisotopic (exact) mass is 413 g/mol. The van der Waals surface area contributed by atoms with Gasteiger partial charge >= 0.3 is 5.97 Å². The minimum absolute atomic E-state index is 0.0734. The maximum Gasteiger partial charge on any atom is 0.306 e. The highest BCUT2D eigenvalue weighted by Gasteiger charge is 2.09. The summed E-state index contributed by atoms with van der Waals surface area (Å²) >= 11 is 5.79. The summed E-state index contributed by atoms with van der Waals surface area (Å²) in [6.07, 6.45) is 2.23. The summed E-state index contributed by atoms with van der Waals surface area (Å²) in [4.78, 5) is 40.4. The van der Waals surface area contributed by atoms with Gasteiger partial charge in [0, 0.05) is 35.8 Å². The first-order chi connectivity index (χ1) is 13.9. The van der Waals surface area contributed by atoms with Crippen LogP contribution in [-0.2, 0) is 16.1 Å². The third kappa shape index (κ3) is 5.42. The molecule has 0 spiro atoms. The molecule has 0 saturated heterocycles.